The Morgan fingerprint density at radius 2 is 2.23 bits per heavy atom. The molecule has 1 rings (SSSR count). The van der Waals surface area contributed by atoms with Crippen molar-refractivity contribution in [1.82, 2.24) is 5.32 Å². The van der Waals surface area contributed by atoms with Gasteiger partial charge in [-0.15, -0.1) is 0 Å². The molecule has 72 valence electrons. The van der Waals surface area contributed by atoms with Crippen LogP contribution >= 0.6 is 0 Å². The van der Waals surface area contributed by atoms with E-state index in [4.69, 9.17) is 4.42 Å². The molecule has 0 aliphatic rings. The summed E-state index contributed by atoms with van der Waals surface area (Å²) in [5, 5.41) is 2.78. The summed E-state index contributed by atoms with van der Waals surface area (Å²) >= 11 is 0. The Morgan fingerprint density at radius 1 is 1.54 bits per heavy atom. The highest BCUT2D eigenvalue weighted by Gasteiger charge is 2.08. The van der Waals surface area contributed by atoms with Gasteiger partial charge in [-0.3, -0.25) is 4.79 Å². The van der Waals surface area contributed by atoms with E-state index in [1.165, 1.54) is 0 Å². The monoisotopic (exact) mass is 181 g/mol. The molecule has 0 atom stereocenters. The zero-order valence-corrected chi connectivity index (χ0v) is 8.26. The minimum absolute atomic E-state index is 0.137. The average molecular weight is 181 g/mol. The van der Waals surface area contributed by atoms with Crippen LogP contribution in [0.1, 0.15) is 30.2 Å². The molecule has 0 bridgehead atoms. The molecule has 0 fully saturated rings. The van der Waals surface area contributed by atoms with Gasteiger partial charge in [0.25, 0.3) is 5.91 Å². The van der Waals surface area contributed by atoms with Gasteiger partial charge < -0.3 is 9.73 Å². The van der Waals surface area contributed by atoms with Crippen molar-refractivity contribution < 1.29 is 9.21 Å². The lowest BCUT2D eigenvalue weighted by atomic mass is 10.2. The van der Waals surface area contributed by atoms with Crippen LogP contribution in [0, 0.1) is 12.8 Å². The fourth-order valence-electron chi connectivity index (χ4n) is 0.940. The Kier molecular flexibility index (Phi) is 3.12. The predicted molar refractivity (Wildman–Crippen MR) is 50.6 cm³/mol. The lowest BCUT2D eigenvalue weighted by Crippen LogP contribution is -2.26. The van der Waals surface area contributed by atoms with E-state index >= 15 is 0 Å². The molecule has 0 spiro atoms. The van der Waals surface area contributed by atoms with Crippen molar-refractivity contribution in [2.24, 2.45) is 5.92 Å². The third-order valence-electron chi connectivity index (χ3n) is 1.64. The number of furan rings is 1. The van der Waals surface area contributed by atoms with E-state index < -0.39 is 0 Å². The normalized spacial score (nSPS) is 10.5. The third kappa shape index (κ3) is 2.93. The van der Waals surface area contributed by atoms with Crippen LogP contribution in [0.25, 0.3) is 0 Å². The molecule has 3 heteroatoms. The standard InChI is InChI=1S/C10H15NO2/c1-7(2)6-11-10(12)9-5-4-8(3)13-9/h4-5,7H,6H2,1-3H3,(H,11,12). The molecule has 1 N–H and O–H groups in total. The van der Waals surface area contributed by atoms with Gasteiger partial charge >= 0.3 is 0 Å². The van der Waals surface area contributed by atoms with Crippen molar-refractivity contribution >= 4 is 5.91 Å². The zero-order valence-electron chi connectivity index (χ0n) is 8.26. The van der Waals surface area contributed by atoms with E-state index in [-0.39, 0.29) is 5.91 Å². The summed E-state index contributed by atoms with van der Waals surface area (Å²) in [5.41, 5.74) is 0. The zero-order chi connectivity index (χ0) is 9.84. The number of hydrogen-bond acceptors (Lipinski definition) is 2. The number of amides is 1. The first-order valence-corrected chi connectivity index (χ1v) is 4.44. The van der Waals surface area contributed by atoms with Crippen molar-refractivity contribution in [3.63, 3.8) is 0 Å². The smallest absolute Gasteiger partial charge is 0.287 e. The largest absolute Gasteiger partial charge is 0.456 e. The van der Waals surface area contributed by atoms with Crippen LogP contribution in [0.4, 0.5) is 0 Å². The fourth-order valence-corrected chi connectivity index (χ4v) is 0.940. The molecule has 0 saturated carbocycles. The molecule has 0 aromatic carbocycles. The molecule has 0 aliphatic heterocycles. The van der Waals surface area contributed by atoms with Crippen LogP contribution in [0.2, 0.25) is 0 Å². The first-order valence-electron chi connectivity index (χ1n) is 4.44. The van der Waals surface area contributed by atoms with Crippen molar-refractivity contribution in [3.05, 3.63) is 23.7 Å². The van der Waals surface area contributed by atoms with E-state index in [1.54, 1.807) is 12.1 Å². The van der Waals surface area contributed by atoms with E-state index in [9.17, 15) is 4.79 Å². The van der Waals surface area contributed by atoms with E-state index in [0.29, 0.717) is 18.2 Å². The first-order chi connectivity index (χ1) is 6.09. The molecular formula is C10H15NO2. The summed E-state index contributed by atoms with van der Waals surface area (Å²) in [6.07, 6.45) is 0. The molecule has 0 unspecified atom stereocenters. The van der Waals surface area contributed by atoms with E-state index in [1.807, 2.05) is 20.8 Å². The van der Waals surface area contributed by atoms with Gasteiger partial charge in [0.05, 0.1) is 0 Å². The number of carbonyl (C=O) groups excluding carboxylic acids is 1. The van der Waals surface area contributed by atoms with E-state index in [0.717, 1.165) is 5.76 Å². The highest BCUT2D eigenvalue weighted by Crippen LogP contribution is 2.05. The lowest BCUT2D eigenvalue weighted by molar-refractivity contribution is 0.0920. The highest BCUT2D eigenvalue weighted by atomic mass is 16.3. The Bertz CT molecular complexity index is 289. The Balaban J connectivity index is 2.49. The maximum atomic E-state index is 11.4. The summed E-state index contributed by atoms with van der Waals surface area (Å²) in [7, 11) is 0. The average Bonchev–Trinajstić information content (AvgIpc) is 2.47. The Morgan fingerprint density at radius 3 is 2.69 bits per heavy atom. The molecule has 1 heterocycles. The quantitative estimate of drug-likeness (QED) is 0.774. The van der Waals surface area contributed by atoms with Crippen LogP contribution in [-0.2, 0) is 0 Å². The maximum Gasteiger partial charge on any atom is 0.287 e. The topological polar surface area (TPSA) is 42.2 Å². The van der Waals surface area contributed by atoms with Gasteiger partial charge in [0.2, 0.25) is 0 Å². The first kappa shape index (κ1) is 9.84. The van der Waals surface area contributed by atoms with Gasteiger partial charge in [-0.25, -0.2) is 0 Å². The predicted octanol–water partition coefficient (Wildman–Crippen LogP) is 1.97. The van der Waals surface area contributed by atoms with Crippen molar-refractivity contribution in [1.29, 1.82) is 0 Å². The number of carbonyl (C=O) groups is 1. The molecule has 0 radical (unpaired) electrons. The van der Waals surface area contributed by atoms with Gasteiger partial charge in [-0.05, 0) is 25.0 Å². The number of aryl methyl sites for hydroxylation is 1. The summed E-state index contributed by atoms with van der Waals surface area (Å²) in [6, 6.07) is 3.47. The third-order valence-corrected chi connectivity index (χ3v) is 1.64. The summed E-state index contributed by atoms with van der Waals surface area (Å²) in [6.45, 7) is 6.60. The minimum Gasteiger partial charge on any atom is -0.456 e. The molecule has 1 aromatic heterocycles. The second-order valence-electron chi connectivity index (χ2n) is 3.51. The Labute approximate surface area is 78.1 Å². The minimum atomic E-state index is -0.137. The number of nitrogens with one attached hydrogen (secondary N) is 1. The summed E-state index contributed by atoms with van der Waals surface area (Å²) in [4.78, 5) is 11.4. The highest BCUT2D eigenvalue weighted by molar-refractivity contribution is 5.91. The maximum absolute atomic E-state index is 11.4. The van der Waals surface area contributed by atoms with Gasteiger partial charge in [0.1, 0.15) is 5.76 Å². The van der Waals surface area contributed by atoms with Crippen molar-refractivity contribution in [2.75, 3.05) is 6.54 Å². The van der Waals surface area contributed by atoms with Crippen LogP contribution in [0.15, 0.2) is 16.5 Å². The second kappa shape index (κ2) is 4.12. The van der Waals surface area contributed by atoms with Gasteiger partial charge in [0, 0.05) is 6.54 Å². The molecular weight excluding hydrogens is 166 g/mol. The van der Waals surface area contributed by atoms with Crippen LogP contribution in [0.5, 0.6) is 0 Å². The number of hydrogen-bond donors (Lipinski definition) is 1. The van der Waals surface area contributed by atoms with Crippen LogP contribution in [0.3, 0.4) is 0 Å². The SMILES string of the molecule is Cc1ccc(C(=O)NCC(C)C)o1. The van der Waals surface area contributed by atoms with E-state index in [2.05, 4.69) is 5.32 Å². The van der Waals surface area contributed by atoms with Gasteiger partial charge in [0.15, 0.2) is 5.76 Å². The number of rotatable bonds is 3. The van der Waals surface area contributed by atoms with Crippen molar-refractivity contribution in [2.45, 2.75) is 20.8 Å². The molecule has 3 nitrogen and oxygen atoms in total. The van der Waals surface area contributed by atoms with Crippen molar-refractivity contribution in [3.8, 4) is 0 Å². The molecule has 0 aliphatic carbocycles. The molecule has 0 saturated heterocycles. The van der Waals surface area contributed by atoms with Crippen LogP contribution < -0.4 is 5.32 Å². The van der Waals surface area contributed by atoms with Crippen LogP contribution in [-0.4, -0.2) is 12.5 Å². The summed E-state index contributed by atoms with van der Waals surface area (Å²) < 4.78 is 5.17. The summed E-state index contributed by atoms with van der Waals surface area (Å²) in [5.74, 6) is 1.47. The van der Waals surface area contributed by atoms with Gasteiger partial charge in [-0.1, -0.05) is 13.8 Å². The Hall–Kier alpha value is -1.25. The fraction of sp³-hybridized carbons (Fsp3) is 0.500. The molecule has 1 aromatic rings. The van der Waals surface area contributed by atoms with Gasteiger partial charge in [-0.2, -0.15) is 0 Å². The lowest BCUT2D eigenvalue weighted by Gasteiger charge is -2.04. The molecule has 13 heavy (non-hydrogen) atoms. The molecule has 1 amide bonds. The second-order valence-corrected chi connectivity index (χ2v) is 3.51.